The van der Waals surface area contributed by atoms with Gasteiger partial charge in [-0.2, -0.15) is 0 Å². The summed E-state index contributed by atoms with van der Waals surface area (Å²) in [6.07, 6.45) is 1.53. The van der Waals surface area contributed by atoms with E-state index in [4.69, 9.17) is 9.15 Å². The Balaban J connectivity index is 1.36. The van der Waals surface area contributed by atoms with Crippen molar-refractivity contribution in [3.8, 4) is 5.75 Å². The van der Waals surface area contributed by atoms with E-state index < -0.39 is 0 Å². The van der Waals surface area contributed by atoms with E-state index in [2.05, 4.69) is 27.3 Å². The molecule has 2 aromatic heterocycles. The minimum absolute atomic E-state index is 0.124. The molecule has 0 aliphatic carbocycles. The average molecular weight is 426 g/mol. The summed E-state index contributed by atoms with van der Waals surface area (Å²) in [4.78, 5) is 21.2. The van der Waals surface area contributed by atoms with Crippen LogP contribution >= 0.6 is 11.3 Å². The smallest absolute Gasteiger partial charge is 0.293 e. The Hall–Kier alpha value is -2.61. The summed E-state index contributed by atoms with van der Waals surface area (Å²) in [7, 11) is 1.64. The second-order valence-electron chi connectivity index (χ2n) is 7.33. The van der Waals surface area contributed by atoms with Gasteiger partial charge in [0.2, 0.25) is 0 Å². The number of amides is 1. The number of methoxy groups -OCH3 is 1. The van der Waals surface area contributed by atoms with Crippen LogP contribution in [-0.2, 0) is 6.54 Å². The Bertz CT molecular complexity index is 902. The van der Waals surface area contributed by atoms with Crippen molar-refractivity contribution in [1.82, 2.24) is 9.80 Å². The zero-order chi connectivity index (χ0) is 20.8. The van der Waals surface area contributed by atoms with Gasteiger partial charge in [0.1, 0.15) is 5.75 Å². The number of benzene rings is 1. The molecule has 158 valence electrons. The molecule has 4 rings (SSSR count). The predicted molar refractivity (Wildman–Crippen MR) is 119 cm³/mol. The molecule has 6 nitrogen and oxygen atoms in total. The molecule has 1 aliphatic heterocycles. The quantitative estimate of drug-likeness (QED) is 0.549. The topological polar surface area (TPSA) is 49.2 Å². The van der Waals surface area contributed by atoms with Crippen LogP contribution in [0.4, 0.5) is 5.69 Å². The highest BCUT2D eigenvalue weighted by molar-refractivity contribution is 7.09. The van der Waals surface area contributed by atoms with Gasteiger partial charge < -0.3 is 14.1 Å². The molecule has 0 radical (unpaired) electrons. The molecule has 0 saturated carbocycles. The molecule has 1 saturated heterocycles. The van der Waals surface area contributed by atoms with Crippen LogP contribution in [0.15, 0.2) is 64.6 Å². The van der Waals surface area contributed by atoms with Gasteiger partial charge in [0, 0.05) is 56.4 Å². The fourth-order valence-electron chi connectivity index (χ4n) is 3.68. The summed E-state index contributed by atoms with van der Waals surface area (Å²) in [5.74, 6) is 0.999. The van der Waals surface area contributed by atoms with E-state index in [9.17, 15) is 4.79 Å². The first kappa shape index (κ1) is 20.7. The fraction of sp³-hybridized carbons (Fsp3) is 0.348. The molecule has 7 heteroatoms. The third-order valence-electron chi connectivity index (χ3n) is 5.43. The van der Waals surface area contributed by atoms with Gasteiger partial charge in [-0.15, -0.1) is 11.3 Å². The monoisotopic (exact) mass is 425 g/mol. The SMILES string of the molecule is COc1ccc(N(CCN2CCN(Cc3cccs3)CC2)C(=O)c2ccco2)cc1. The summed E-state index contributed by atoms with van der Waals surface area (Å²) in [5, 5.41) is 2.13. The number of piperazine rings is 1. The number of carbonyl (C=O) groups excluding carboxylic acids is 1. The maximum Gasteiger partial charge on any atom is 0.293 e. The molecule has 0 unspecified atom stereocenters. The Kier molecular flexibility index (Phi) is 6.84. The lowest BCUT2D eigenvalue weighted by Gasteiger charge is -2.35. The molecular weight excluding hydrogens is 398 g/mol. The zero-order valence-corrected chi connectivity index (χ0v) is 18.0. The van der Waals surface area contributed by atoms with Crippen LogP contribution in [-0.4, -0.2) is 62.1 Å². The average Bonchev–Trinajstić information content (AvgIpc) is 3.50. The largest absolute Gasteiger partial charge is 0.497 e. The fourth-order valence-corrected chi connectivity index (χ4v) is 4.42. The molecule has 3 heterocycles. The van der Waals surface area contributed by atoms with Crippen molar-refractivity contribution in [2.75, 3.05) is 51.3 Å². The number of anilines is 1. The standard InChI is InChI=1S/C23H27N3O3S/c1-28-20-8-6-19(7-9-20)26(23(27)22-5-2-16-29-22)15-14-24-10-12-25(13-11-24)18-21-4-3-17-30-21/h2-9,16-17H,10-15,18H2,1H3. The van der Waals surface area contributed by atoms with Gasteiger partial charge in [0.05, 0.1) is 13.4 Å². The molecular formula is C23H27N3O3S. The van der Waals surface area contributed by atoms with Crippen LogP contribution in [0.2, 0.25) is 0 Å². The highest BCUT2D eigenvalue weighted by Crippen LogP contribution is 2.22. The minimum atomic E-state index is -0.124. The number of ether oxygens (including phenoxy) is 1. The van der Waals surface area contributed by atoms with E-state index in [1.807, 2.05) is 35.6 Å². The third kappa shape index (κ3) is 5.11. The van der Waals surface area contributed by atoms with Gasteiger partial charge in [-0.25, -0.2) is 0 Å². The summed E-state index contributed by atoms with van der Waals surface area (Å²) < 4.78 is 10.6. The van der Waals surface area contributed by atoms with E-state index in [-0.39, 0.29) is 5.91 Å². The van der Waals surface area contributed by atoms with Gasteiger partial charge in [-0.3, -0.25) is 14.6 Å². The molecule has 0 spiro atoms. The number of thiophene rings is 1. The lowest BCUT2D eigenvalue weighted by Crippen LogP contribution is -2.48. The van der Waals surface area contributed by atoms with Gasteiger partial charge in [-0.05, 0) is 47.8 Å². The Morgan fingerprint density at radius 3 is 2.47 bits per heavy atom. The number of hydrogen-bond acceptors (Lipinski definition) is 6. The molecule has 1 aliphatic rings. The van der Waals surface area contributed by atoms with Crippen LogP contribution in [0, 0.1) is 0 Å². The van der Waals surface area contributed by atoms with E-state index in [0.29, 0.717) is 12.3 Å². The normalized spacial score (nSPS) is 15.2. The van der Waals surface area contributed by atoms with Gasteiger partial charge in [0.25, 0.3) is 5.91 Å². The van der Waals surface area contributed by atoms with Crippen molar-refractivity contribution in [2.24, 2.45) is 0 Å². The van der Waals surface area contributed by atoms with Crippen molar-refractivity contribution < 1.29 is 13.9 Å². The number of hydrogen-bond donors (Lipinski definition) is 0. The third-order valence-corrected chi connectivity index (χ3v) is 6.29. The number of furan rings is 1. The lowest BCUT2D eigenvalue weighted by molar-refractivity contribution is 0.0947. The number of nitrogens with zero attached hydrogens (tertiary/aromatic N) is 3. The van der Waals surface area contributed by atoms with Crippen molar-refractivity contribution in [3.05, 3.63) is 70.8 Å². The van der Waals surface area contributed by atoms with E-state index >= 15 is 0 Å². The maximum atomic E-state index is 13.0. The summed E-state index contributed by atoms with van der Waals surface area (Å²) in [6, 6.07) is 15.3. The summed E-state index contributed by atoms with van der Waals surface area (Å²) in [5.41, 5.74) is 0.841. The summed E-state index contributed by atoms with van der Waals surface area (Å²) >= 11 is 1.82. The first-order chi connectivity index (χ1) is 14.7. The number of carbonyl (C=O) groups is 1. The first-order valence-electron chi connectivity index (χ1n) is 10.2. The molecule has 1 amide bonds. The molecule has 30 heavy (non-hydrogen) atoms. The second-order valence-corrected chi connectivity index (χ2v) is 8.36. The van der Waals surface area contributed by atoms with Crippen LogP contribution in [0.1, 0.15) is 15.4 Å². The summed E-state index contributed by atoms with van der Waals surface area (Å²) in [6.45, 7) is 6.58. The Morgan fingerprint density at radius 2 is 1.83 bits per heavy atom. The highest BCUT2D eigenvalue weighted by Gasteiger charge is 2.23. The van der Waals surface area contributed by atoms with Crippen molar-refractivity contribution >= 4 is 22.9 Å². The Morgan fingerprint density at radius 1 is 1.07 bits per heavy atom. The molecule has 1 aromatic carbocycles. The molecule has 1 fully saturated rings. The zero-order valence-electron chi connectivity index (χ0n) is 17.2. The molecule has 3 aromatic rings. The second kappa shape index (κ2) is 9.93. The van der Waals surface area contributed by atoms with E-state index in [1.165, 1.54) is 11.1 Å². The van der Waals surface area contributed by atoms with Crippen LogP contribution in [0.25, 0.3) is 0 Å². The van der Waals surface area contributed by atoms with Crippen molar-refractivity contribution in [1.29, 1.82) is 0 Å². The van der Waals surface area contributed by atoms with Gasteiger partial charge in [-0.1, -0.05) is 6.07 Å². The van der Waals surface area contributed by atoms with Crippen LogP contribution in [0.3, 0.4) is 0 Å². The minimum Gasteiger partial charge on any atom is -0.497 e. The maximum absolute atomic E-state index is 13.0. The highest BCUT2D eigenvalue weighted by atomic mass is 32.1. The number of rotatable bonds is 8. The van der Waals surface area contributed by atoms with E-state index in [1.54, 1.807) is 24.1 Å². The predicted octanol–water partition coefficient (Wildman–Crippen LogP) is 3.81. The Labute approximate surface area is 181 Å². The van der Waals surface area contributed by atoms with E-state index in [0.717, 1.165) is 50.7 Å². The van der Waals surface area contributed by atoms with Crippen LogP contribution in [0.5, 0.6) is 5.75 Å². The van der Waals surface area contributed by atoms with Crippen molar-refractivity contribution in [3.63, 3.8) is 0 Å². The van der Waals surface area contributed by atoms with Gasteiger partial charge in [0.15, 0.2) is 5.76 Å². The van der Waals surface area contributed by atoms with Gasteiger partial charge >= 0.3 is 0 Å². The van der Waals surface area contributed by atoms with Crippen molar-refractivity contribution in [2.45, 2.75) is 6.54 Å². The molecule has 0 bridgehead atoms. The first-order valence-corrected chi connectivity index (χ1v) is 11.1. The molecule has 0 N–H and O–H groups in total. The van der Waals surface area contributed by atoms with Crippen LogP contribution < -0.4 is 9.64 Å². The lowest BCUT2D eigenvalue weighted by atomic mass is 10.2. The molecule has 0 atom stereocenters.